The van der Waals surface area contributed by atoms with E-state index in [9.17, 15) is 4.79 Å². The van der Waals surface area contributed by atoms with Crippen LogP contribution in [0.1, 0.15) is 18.4 Å². The molecular formula is C13H14ClN3O. The smallest absolute Gasteiger partial charge is 0.228 e. The molecule has 1 fully saturated rings. The molecule has 1 amide bonds. The average Bonchev–Trinajstić information content (AvgIpc) is 2.40. The van der Waals surface area contributed by atoms with E-state index < -0.39 is 0 Å². The summed E-state index contributed by atoms with van der Waals surface area (Å²) in [6, 6.07) is 6.89. The molecule has 2 N–H and O–H groups in total. The van der Waals surface area contributed by atoms with Crippen molar-refractivity contribution in [3.05, 3.63) is 28.8 Å². The van der Waals surface area contributed by atoms with Crippen LogP contribution in [0, 0.1) is 17.2 Å². The Morgan fingerprint density at radius 3 is 3.06 bits per heavy atom. The molecule has 1 heterocycles. The zero-order chi connectivity index (χ0) is 13.0. The van der Waals surface area contributed by atoms with Gasteiger partial charge in [0.05, 0.1) is 17.2 Å². The van der Waals surface area contributed by atoms with Crippen molar-refractivity contribution in [2.24, 2.45) is 5.92 Å². The molecule has 5 heteroatoms. The number of hydrogen-bond acceptors (Lipinski definition) is 3. The Kier molecular flexibility index (Phi) is 4.19. The second kappa shape index (κ2) is 5.85. The standard InChI is InChI=1S/C13H14ClN3O/c14-11-4-3-9(7-15)12(6-11)17-13(18)10-2-1-5-16-8-10/h3-4,6,10,16H,1-2,5,8H2,(H,17,18)/t10-/m0/s1. The number of hydrogen-bond donors (Lipinski definition) is 2. The Labute approximate surface area is 111 Å². The Balaban J connectivity index is 2.11. The van der Waals surface area contributed by atoms with Gasteiger partial charge in [0.15, 0.2) is 0 Å². The maximum atomic E-state index is 12.0. The van der Waals surface area contributed by atoms with E-state index in [-0.39, 0.29) is 11.8 Å². The van der Waals surface area contributed by atoms with Gasteiger partial charge in [0, 0.05) is 11.6 Å². The number of amides is 1. The topological polar surface area (TPSA) is 64.9 Å². The zero-order valence-corrected chi connectivity index (χ0v) is 10.6. The summed E-state index contributed by atoms with van der Waals surface area (Å²) in [7, 11) is 0. The average molecular weight is 264 g/mol. The Morgan fingerprint density at radius 2 is 2.39 bits per heavy atom. The lowest BCUT2D eigenvalue weighted by atomic mass is 9.98. The monoisotopic (exact) mass is 263 g/mol. The molecule has 0 aliphatic carbocycles. The summed E-state index contributed by atoms with van der Waals surface area (Å²) in [4.78, 5) is 12.0. The lowest BCUT2D eigenvalue weighted by Crippen LogP contribution is -2.37. The van der Waals surface area contributed by atoms with Gasteiger partial charge < -0.3 is 10.6 Å². The van der Waals surface area contributed by atoms with Crippen LogP contribution in [0.15, 0.2) is 18.2 Å². The highest BCUT2D eigenvalue weighted by Gasteiger charge is 2.21. The van der Waals surface area contributed by atoms with E-state index in [0.717, 1.165) is 19.4 Å². The normalized spacial score (nSPS) is 19.0. The molecule has 2 rings (SSSR count). The van der Waals surface area contributed by atoms with Crippen LogP contribution in [0.3, 0.4) is 0 Å². The number of anilines is 1. The van der Waals surface area contributed by atoms with E-state index in [1.165, 1.54) is 0 Å². The Morgan fingerprint density at radius 1 is 1.56 bits per heavy atom. The van der Waals surface area contributed by atoms with Crippen molar-refractivity contribution in [1.82, 2.24) is 5.32 Å². The number of carbonyl (C=O) groups is 1. The number of benzene rings is 1. The van der Waals surface area contributed by atoms with Crippen LogP contribution in [0.4, 0.5) is 5.69 Å². The van der Waals surface area contributed by atoms with Crippen molar-refractivity contribution >= 4 is 23.2 Å². The second-order valence-electron chi connectivity index (χ2n) is 4.33. The van der Waals surface area contributed by atoms with Crippen LogP contribution in [0.2, 0.25) is 5.02 Å². The van der Waals surface area contributed by atoms with Gasteiger partial charge in [-0.2, -0.15) is 5.26 Å². The molecule has 1 aliphatic heterocycles. The van der Waals surface area contributed by atoms with Crippen LogP contribution in [0.5, 0.6) is 0 Å². The van der Waals surface area contributed by atoms with Gasteiger partial charge in [-0.25, -0.2) is 0 Å². The first-order chi connectivity index (χ1) is 8.70. The third-order valence-corrected chi connectivity index (χ3v) is 3.26. The molecule has 1 aromatic carbocycles. The molecule has 94 valence electrons. The molecule has 4 nitrogen and oxygen atoms in total. The van der Waals surface area contributed by atoms with Crippen LogP contribution in [0.25, 0.3) is 0 Å². The van der Waals surface area contributed by atoms with Crippen molar-refractivity contribution < 1.29 is 4.79 Å². The minimum atomic E-state index is -0.0547. The third-order valence-electron chi connectivity index (χ3n) is 3.03. The molecule has 0 saturated carbocycles. The van der Waals surface area contributed by atoms with Crippen LogP contribution in [-0.4, -0.2) is 19.0 Å². The Bertz CT molecular complexity index is 489. The fraction of sp³-hybridized carbons (Fsp3) is 0.385. The predicted octanol–water partition coefficient (Wildman–Crippen LogP) is 2.15. The van der Waals surface area contributed by atoms with E-state index in [0.29, 0.717) is 22.8 Å². The van der Waals surface area contributed by atoms with Crippen LogP contribution >= 0.6 is 11.6 Å². The molecule has 1 atom stereocenters. The molecule has 0 aromatic heterocycles. The van der Waals surface area contributed by atoms with Gasteiger partial charge in [0.1, 0.15) is 6.07 Å². The van der Waals surface area contributed by atoms with Crippen molar-refractivity contribution in [3.63, 3.8) is 0 Å². The molecule has 1 aliphatic rings. The number of nitrogens with one attached hydrogen (secondary N) is 2. The quantitative estimate of drug-likeness (QED) is 0.859. The minimum absolute atomic E-state index is 0.0377. The van der Waals surface area contributed by atoms with E-state index in [4.69, 9.17) is 16.9 Å². The highest BCUT2D eigenvalue weighted by molar-refractivity contribution is 6.31. The number of rotatable bonds is 2. The Hall–Kier alpha value is -1.57. The SMILES string of the molecule is N#Cc1ccc(Cl)cc1NC(=O)[C@H]1CCCNC1. The highest BCUT2D eigenvalue weighted by atomic mass is 35.5. The van der Waals surface area contributed by atoms with Gasteiger partial charge in [-0.3, -0.25) is 4.79 Å². The van der Waals surface area contributed by atoms with Gasteiger partial charge in [0.25, 0.3) is 0 Å². The molecule has 0 unspecified atom stereocenters. The first-order valence-electron chi connectivity index (χ1n) is 5.92. The van der Waals surface area contributed by atoms with E-state index in [1.807, 2.05) is 6.07 Å². The number of nitriles is 1. The highest BCUT2D eigenvalue weighted by Crippen LogP contribution is 2.22. The summed E-state index contributed by atoms with van der Waals surface area (Å²) >= 11 is 5.87. The molecule has 0 radical (unpaired) electrons. The summed E-state index contributed by atoms with van der Waals surface area (Å²) in [5, 5.41) is 15.5. The van der Waals surface area contributed by atoms with Crippen molar-refractivity contribution in [2.45, 2.75) is 12.8 Å². The molecule has 1 saturated heterocycles. The van der Waals surface area contributed by atoms with E-state index in [2.05, 4.69) is 10.6 Å². The number of nitrogens with zero attached hydrogens (tertiary/aromatic N) is 1. The van der Waals surface area contributed by atoms with Crippen molar-refractivity contribution in [2.75, 3.05) is 18.4 Å². The molecule has 18 heavy (non-hydrogen) atoms. The largest absolute Gasteiger partial charge is 0.325 e. The van der Waals surface area contributed by atoms with Gasteiger partial charge in [-0.05, 0) is 37.6 Å². The molecule has 0 spiro atoms. The first kappa shape index (κ1) is 12.9. The zero-order valence-electron chi connectivity index (χ0n) is 9.87. The maximum absolute atomic E-state index is 12.0. The fourth-order valence-electron chi connectivity index (χ4n) is 2.03. The summed E-state index contributed by atoms with van der Waals surface area (Å²) in [6.07, 6.45) is 1.88. The third kappa shape index (κ3) is 3.00. The van der Waals surface area contributed by atoms with Gasteiger partial charge in [0.2, 0.25) is 5.91 Å². The predicted molar refractivity (Wildman–Crippen MR) is 70.4 cm³/mol. The fourth-order valence-corrected chi connectivity index (χ4v) is 2.20. The molecule has 1 aromatic rings. The lowest BCUT2D eigenvalue weighted by Gasteiger charge is -2.22. The van der Waals surface area contributed by atoms with Gasteiger partial charge in [-0.1, -0.05) is 11.6 Å². The second-order valence-corrected chi connectivity index (χ2v) is 4.77. The lowest BCUT2D eigenvalue weighted by molar-refractivity contribution is -0.120. The summed E-state index contributed by atoms with van der Waals surface area (Å²) < 4.78 is 0. The number of carbonyl (C=O) groups excluding carboxylic acids is 1. The summed E-state index contributed by atoms with van der Waals surface area (Å²) in [5.41, 5.74) is 0.914. The minimum Gasteiger partial charge on any atom is -0.325 e. The molecular weight excluding hydrogens is 250 g/mol. The van der Waals surface area contributed by atoms with Crippen LogP contribution < -0.4 is 10.6 Å². The van der Waals surface area contributed by atoms with E-state index >= 15 is 0 Å². The van der Waals surface area contributed by atoms with Crippen LogP contribution in [-0.2, 0) is 4.79 Å². The van der Waals surface area contributed by atoms with Gasteiger partial charge in [-0.15, -0.1) is 0 Å². The van der Waals surface area contributed by atoms with E-state index in [1.54, 1.807) is 18.2 Å². The number of halogens is 1. The van der Waals surface area contributed by atoms with Gasteiger partial charge >= 0.3 is 0 Å². The summed E-state index contributed by atoms with van der Waals surface area (Å²) in [6.45, 7) is 1.65. The number of piperidine rings is 1. The van der Waals surface area contributed by atoms with Crippen molar-refractivity contribution in [3.8, 4) is 6.07 Å². The first-order valence-corrected chi connectivity index (χ1v) is 6.29. The molecule has 0 bridgehead atoms. The van der Waals surface area contributed by atoms with Crippen molar-refractivity contribution in [1.29, 1.82) is 5.26 Å². The maximum Gasteiger partial charge on any atom is 0.228 e. The summed E-state index contributed by atoms with van der Waals surface area (Å²) in [5.74, 6) is -0.0924.